The summed E-state index contributed by atoms with van der Waals surface area (Å²) >= 11 is 6.13. The van der Waals surface area contributed by atoms with E-state index in [0.29, 0.717) is 36.5 Å². The molecule has 2 saturated heterocycles. The third-order valence-corrected chi connectivity index (χ3v) is 10.9. The molecule has 1 amide bonds. The lowest BCUT2D eigenvalue weighted by Crippen LogP contribution is -2.55. The SMILES string of the molecule is O=C(OC12CC1=S(=O)(c1ccc(Cl)cc1)N1C(C3CC3)CCC[C@@H]12)N1CCNCC1. The van der Waals surface area contributed by atoms with Gasteiger partial charge in [-0.3, -0.25) is 0 Å². The second-order valence-corrected chi connectivity index (χ2v) is 12.2. The number of hydrogen-bond acceptors (Lipinski definition) is 4. The first kappa shape index (κ1) is 19.4. The van der Waals surface area contributed by atoms with E-state index in [1.165, 1.54) is 12.8 Å². The van der Waals surface area contributed by atoms with Gasteiger partial charge >= 0.3 is 6.09 Å². The van der Waals surface area contributed by atoms with Gasteiger partial charge in [0, 0.05) is 48.6 Å². The van der Waals surface area contributed by atoms with Crippen molar-refractivity contribution in [3.05, 3.63) is 29.3 Å². The summed E-state index contributed by atoms with van der Waals surface area (Å²) in [6, 6.07) is 7.80. The van der Waals surface area contributed by atoms with Gasteiger partial charge in [-0.15, -0.1) is 0 Å². The van der Waals surface area contributed by atoms with Crippen LogP contribution in [0.25, 0.3) is 0 Å². The highest BCUT2D eigenvalue weighted by Crippen LogP contribution is 2.58. The third-order valence-electron chi connectivity index (χ3n) is 7.49. The Bertz CT molecular complexity index is 995. The Labute approximate surface area is 183 Å². The lowest BCUT2D eigenvalue weighted by molar-refractivity contribution is 0.00636. The molecule has 30 heavy (non-hydrogen) atoms. The Balaban J connectivity index is 1.41. The number of carbonyl (C=O) groups excluding carboxylic acids is 1. The van der Waals surface area contributed by atoms with Gasteiger partial charge in [0.05, 0.1) is 20.6 Å². The van der Waals surface area contributed by atoms with Gasteiger partial charge in [-0.25, -0.2) is 13.3 Å². The van der Waals surface area contributed by atoms with Crippen LogP contribution in [0.4, 0.5) is 4.79 Å². The molecular weight excluding hydrogens is 422 g/mol. The molecule has 6 rings (SSSR count). The summed E-state index contributed by atoms with van der Waals surface area (Å²) in [5.41, 5.74) is -0.674. The number of piperazine rings is 1. The quantitative estimate of drug-likeness (QED) is 0.721. The lowest BCUT2D eigenvalue weighted by Gasteiger charge is -2.43. The molecule has 1 N–H and O–H groups in total. The van der Waals surface area contributed by atoms with Crippen LogP contribution in [0.15, 0.2) is 29.2 Å². The van der Waals surface area contributed by atoms with Crippen molar-refractivity contribution in [2.24, 2.45) is 5.92 Å². The number of nitrogens with one attached hydrogen (secondary N) is 1. The summed E-state index contributed by atoms with van der Waals surface area (Å²) in [4.78, 5) is 16.5. The van der Waals surface area contributed by atoms with E-state index >= 15 is 0 Å². The van der Waals surface area contributed by atoms with Gasteiger partial charge in [-0.05, 0) is 55.9 Å². The molecule has 0 bridgehead atoms. The zero-order valence-electron chi connectivity index (χ0n) is 17.0. The molecule has 4 fully saturated rings. The zero-order chi connectivity index (χ0) is 20.5. The van der Waals surface area contributed by atoms with Gasteiger partial charge < -0.3 is 15.0 Å². The molecule has 1 aromatic rings. The number of carbonyl (C=O) groups is 1. The maximum absolute atomic E-state index is 14.8. The van der Waals surface area contributed by atoms with E-state index in [-0.39, 0.29) is 12.1 Å². The summed E-state index contributed by atoms with van der Waals surface area (Å²) < 4.78 is 23.3. The summed E-state index contributed by atoms with van der Waals surface area (Å²) in [6.07, 6.45) is 5.94. The van der Waals surface area contributed by atoms with E-state index in [0.717, 1.165) is 42.1 Å². The van der Waals surface area contributed by atoms with Crippen LogP contribution < -0.4 is 5.32 Å². The first-order valence-electron chi connectivity index (χ1n) is 11.2. The van der Waals surface area contributed by atoms with Crippen molar-refractivity contribution in [2.75, 3.05) is 26.2 Å². The number of benzene rings is 1. The minimum absolute atomic E-state index is 0.0295. The Hall–Kier alpha value is -1.28. The second kappa shape index (κ2) is 6.86. The minimum atomic E-state index is -2.56. The van der Waals surface area contributed by atoms with Crippen molar-refractivity contribution in [1.82, 2.24) is 14.5 Å². The number of rotatable bonds is 3. The fourth-order valence-corrected chi connectivity index (χ4v) is 9.57. The van der Waals surface area contributed by atoms with Gasteiger partial charge in [0.15, 0.2) is 5.60 Å². The molecule has 6 nitrogen and oxygen atoms in total. The fourth-order valence-electron chi connectivity index (χ4n) is 5.81. The first-order valence-corrected chi connectivity index (χ1v) is 13.1. The molecule has 3 unspecified atom stereocenters. The molecule has 0 spiro atoms. The fraction of sp³-hybridized carbons (Fsp3) is 0.636. The number of nitrogens with zero attached hydrogens (tertiary/aromatic N) is 2. The van der Waals surface area contributed by atoms with Crippen molar-refractivity contribution in [2.45, 2.75) is 61.1 Å². The molecule has 5 aliphatic rings. The van der Waals surface area contributed by atoms with Crippen LogP contribution >= 0.6 is 11.6 Å². The van der Waals surface area contributed by atoms with E-state index < -0.39 is 15.3 Å². The molecule has 1 aromatic carbocycles. The molecule has 3 heterocycles. The lowest BCUT2D eigenvalue weighted by atomic mass is 9.91. The standard InChI is InChI=1S/C22H28ClN3O3S/c23-16-6-8-17(9-7-16)30(28)20-14-22(20,29-21(27)25-12-10-24-11-13-25)19-3-1-2-18(26(19)30)15-4-5-15/h6-9,15,18-19,24H,1-5,10-14H2/t18?,19-,22?,30?/m1/s1. The molecule has 3 aliphatic heterocycles. The summed E-state index contributed by atoms with van der Waals surface area (Å²) in [7, 11) is -2.56. The van der Waals surface area contributed by atoms with Gasteiger partial charge in [0.1, 0.15) is 0 Å². The summed E-state index contributed by atoms with van der Waals surface area (Å²) in [5, 5.41) is 3.92. The van der Waals surface area contributed by atoms with Crippen molar-refractivity contribution in [3.63, 3.8) is 0 Å². The molecule has 2 saturated carbocycles. The topological polar surface area (TPSA) is 61.9 Å². The summed E-state index contributed by atoms with van der Waals surface area (Å²) in [5.74, 6) is 0.625. The van der Waals surface area contributed by atoms with E-state index in [1.807, 2.05) is 24.3 Å². The van der Waals surface area contributed by atoms with E-state index in [9.17, 15) is 9.00 Å². The number of piperidine rings is 1. The number of fused-ring (bicyclic) bond motifs is 3. The van der Waals surface area contributed by atoms with Gasteiger partial charge in [-0.1, -0.05) is 18.0 Å². The molecule has 0 aromatic heterocycles. The number of hydrogen-bond donors (Lipinski definition) is 1. The van der Waals surface area contributed by atoms with Gasteiger partial charge in [0.25, 0.3) is 0 Å². The average molecular weight is 450 g/mol. The largest absolute Gasteiger partial charge is 0.435 e. The van der Waals surface area contributed by atoms with Crippen LogP contribution in [0, 0.1) is 5.92 Å². The van der Waals surface area contributed by atoms with Crippen LogP contribution in [0.5, 0.6) is 0 Å². The van der Waals surface area contributed by atoms with Gasteiger partial charge in [0.2, 0.25) is 0 Å². The maximum atomic E-state index is 14.8. The van der Waals surface area contributed by atoms with E-state index in [1.54, 1.807) is 4.90 Å². The zero-order valence-corrected chi connectivity index (χ0v) is 18.6. The molecule has 162 valence electrons. The Kier molecular flexibility index (Phi) is 4.44. The van der Waals surface area contributed by atoms with Crippen LogP contribution in [0.2, 0.25) is 5.02 Å². The average Bonchev–Trinajstić information content (AvgIpc) is 3.69. The van der Waals surface area contributed by atoms with Crippen LogP contribution in [-0.4, -0.2) is 68.2 Å². The molecule has 4 atom stereocenters. The van der Waals surface area contributed by atoms with Crippen LogP contribution in [0.3, 0.4) is 0 Å². The van der Waals surface area contributed by atoms with Crippen molar-refractivity contribution in [3.8, 4) is 0 Å². The van der Waals surface area contributed by atoms with E-state index in [4.69, 9.17) is 16.3 Å². The molecule has 0 radical (unpaired) electrons. The van der Waals surface area contributed by atoms with Crippen LogP contribution in [-0.2, 0) is 14.4 Å². The molecule has 8 heteroatoms. The number of amides is 1. The highest BCUT2D eigenvalue weighted by Gasteiger charge is 2.72. The Morgan fingerprint density at radius 3 is 2.57 bits per heavy atom. The predicted molar refractivity (Wildman–Crippen MR) is 117 cm³/mol. The number of halogens is 1. The normalized spacial score (nSPS) is 38.2. The Morgan fingerprint density at radius 2 is 1.87 bits per heavy atom. The smallest absolute Gasteiger partial charge is 0.410 e. The highest BCUT2D eigenvalue weighted by atomic mass is 35.5. The van der Waals surface area contributed by atoms with Crippen LogP contribution in [0.1, 0.15) is 38.5 Å². The maximum Gasteiger partial charge on any atom is 0.410 e. The number of ether oxygens (including phenoxy) is 1. The summed E-state index contributed by atoms with van der Waals surface area (Å²) in [6.45, 7) is 2.91. The van der Waals surface area contributed by atoms with Crippen molar-refractivity contribution in [1.29, 1.82) is 0 Å². The monoisotopic (exact) mass is 449 g/mol. The predicted octanol–water partition coefficient (Wildman–Crippen LogP) is 2.90. The molecule has 2 aliphatic carbocycles. The highest BCUT2D eigenvalue weighted by molar-refractivity contribution is 8.01. The van der Waals surface area contributed by atoms with Crippen molar-refractivity contribution < 1.29 is 13.7 Å². The van der Waals surface area contributed by atoms with Gasteiger partial charge in [-0.2, -0.15) is 0 Å². The van der Waals surface area contributed by atoms with Crippen molar-refractivity contribution >= 4 is 32.3 Å². The first-order chi connectivity index (χ1) is 14.5. The third kappa shape index (κ3) is 2.78. The Morgan fingerprint density at radius 1 is 1.13 bits per heavy atom. The van der Waals surface area contributed by atoms with E-state index in [2.05, 4.69) is 9.62 Å². The second-order valence-electron chi connectivity index (χ2n) is 9.29. The molecular formula is C22H28ClN3O3S. The minimum Gasteiger partial charge on any atom is -0.435 e.